The Morgan fingerprint density at radius 2 is 1.85 bits per heavy atom. The molecule has 0 spiro atoms. The highest BCUT2D eigenvalue weighted by Crippen LogP contribution is 2.31. The van der Waals surface area contributed by atoms with Crippen LogP contribution in [0.25, 0.3) is 0 Å². The van der Waals surface area contributed by atoms with Crippen molar-refractivity contribution < 1.29 is 9.53 Å². The predicted molar refractivity (Wildman–Crippen MR) is 108 cm³/mol. The third kappa shape index (κ3) is 4.56. The van der Waals surface area contributed by atoms with Gasteiger partial charge in [-0.15, -0.1) is 0 Å². The van der Waals surface area contributed by atoms with Gasteiger partial charge in [0.05, 0.1) is 18.8 Å². The van der Waals surface area contributed by atoms with E-state index in [0.717, 1.165) is 34.6 Å². The van der Waals surface area contributed by atoms with Gasteiger partial charge >= 0.3 is 6.03 Å². The number of methoxy groups -OCH3 is 1. The van der Waals surface area contributed by atoms with Crippen LogP contribution in [0.4, 0.5) is 10.5 Å². The van der Waals surface area contributed by atoms with Crippen LogP contribution in [0.5, 0.6) is 5.75 Å². The molecule has 1 aliphatic heterocycles. The molecule has 5 nitrogen and oxygen atoms in total. The first-order chi connectivity index (χ1) is 12.7. The smallest absolute Gasteiger partial charge is 0.319 e. The van der Waals surface area contributed by atoms with Gasteiger partial charge in [0.2, 0.25) is 0 Å². The Balaban J connectivity index is 1.70. The second-order valence-electron chi connectivity index (χ2n) is 6.32. The number of likely N-dealkylation sites (tertiary alicyclic amines) is 1. The molecule has 3 rings (SSSR count). The highest BCUT2D eigenvalue weighted by Gasteiger charge is 2.26. The highest BCUT2D eigenvalue weighted by atomic mass is 79.9. The SMILES string of the molecule is COc1ccccc1C(CNC(=O)Nc1ccccc1Br)N1CCCC1. The van der Waals surface area contributed by atoms with Crippen LogP contribution in [0.1, 0.15) is 24.4 Å². The van der Waals surface area contributed by atoms with Crippen LogP contribution in [-0.2, 0) is 0 Å². The van der Waals surface area contributed by atoms with E-state index in [-0.39, 0.29) is 12.1 Å². The zero-order valence-electron chi connectivity index (χ0n) is 14.9. The average Bonchev–Trinajstić information content (AvgIpc) is 3.19. The maximum atomic E-state index is 12.4. The molecule has 1 heterocycles. The van der Waals surface area contributed by atoms with Crippen molar-refractivity contribution >= 4 is 27.6 Å². The minimum Gasteiger partial charge on any atom is -0.496 e. The molecule has 138 valence electrons. The second kappa shape index (κ2) is 9.05. The van der Waals surface area contributed by atoms with Crippen molar-refractivity contribution in [3.05, 3.63) is 58.6 Å². The van der Waals surface area contributed by atoms with Gasteiger partial charge in [-0.25, -0.2) is 4.79 Å². The Hall–Kier alpha value is -2.05. The molecule has 1 aliphatic rings. The van der Waals surface area contributed by atoms with Crippen molar-refractivity contribution in [3.63, 3.8) is 0 Å². The number of rotatable bonds is 6. The second-order valence-corrected chi connectivity index (χ2v) is 7.17. The lowest BCUT2D eigenvalue weighted by Crippen LogP contribution is -2.38. The van der Waals surface area contributed by atoms with E-state index in [0.29, 0.717) is 6.54 Å². The number of benzene rings is 2. The van der Waals surface area contributed by atoms with Gasteiger partial charge in [-0.2, -0.15) is 0 Å². The summed E-state index contributed by atoms with van der Waals surface area (Å²) < 4.78 is 6.40. The van der Waals surface area contributed by atoms with Crippen LogP contribution in [0.2, 0.25) is 0 Å². The molecule has 1 saturated heterocycles. The Morgan fingerprint density at radius 3 is 2.58 bits per heavy atom. The Kier molecular flexibility index (Phi) is 6.52. The lowest BCUT2D eigenvalue weighted by Gasteiger charge is -2.29. The summed E-state index contributed by atoms with van der Waals surface area (Å²) in [6, 6.07) is 15.5. The lowest BCUT2D eigenvalue weighted by atomic mass is 10.0. The van der Waals surface area contributed by atoms with Crippen molar-refractivity contribution in [3.8, 4) is 5.75 Å². The fourth-order valence-electron chi connectivity index (χ4n) is 3.35. The number of halogens is 1. The molecule has 2 amide bonds. The minimum atomic E-state index is -0.212. The lowest BCUT2D eigenvalue weighted by molar-refractivity contribution is 0.224. The van der Waals surface area contributed by atoms with E-state index >= 15 is 0 Å². The van der Waals surface area contributed by atoms with E-state index < -0.39 is 0 Å². The number of urea groups is 1. The van der Waals surface area contributed by atoms with Crippen LogP contribution >= 0.6 is 15.9 Å². The highest BCUT2D eigenvalue weighted by molar-refractivity contribution is 9.10. The van der Waals surface area contributed by atoms with Gasteiger partial charge in [-0.3, -0.25) is 4.90 Å². The van der Waals surface area contributed by atoms with Crippen LogP contribution in [-0.4, -0.2) is 37.7 Å². The summed E-state index contributed by atoms with van der Waals surface area (Å²) in [6.07, 6.45) is 2.38. The van der Waals surface area contributed by atoms with Crippen molar-refractivity contribution in [1.82, 2.24) is 10.2 Å². The molecule has 2 N–H and O–H groups in total. The normalized spacial score (nSPS) is 15.5. The number of anilines is 1. The van der Waals surface area contributed by atoms with Crippen molar-refractivity contribution in [2.45, 2.75) is 18.9 Å². The van der Waals surface area contributed by atoms with Crippen LogP contribution in [0, 0.1) is 0 Å². The quantitative estimate of drug-likeness (QED) is 0.731. The summed E-state index contributed by atoms with van der Waals surface area (Å²) in [7, 11) is 1.69. The van der Waals surface area contributed by atoms with E-state index in [2.05, 4.69) is 37.5 Å². The molecular formula is C20H24BrN3O2. The molecule has 0 aromatic heterocycles. The third-order valence-corrected chi connectivity index (χ3v) is 5.35. The molecular weight excluding hydrogens is 394 g/mol. The van der Waals surface area contributed by atoms with E-state index in [1.807, 2.05) is 42.5 Å². The first kappa shape index (κ1) is 18.7. The number of hydrogen-bond acceptors (Lipinski definition) is 3. The first-order valence-corrected chi connectivity index (χ1v) is 9.64. The number of hydrogen-bond donors (Lipinski definition) is 2. The third-order valence-electron chi connectivity index (χ3n) is 4.66. The average molecular weight is 418 g/mol. The fourth-order valence-corrected chi connectivity index (χ4v) is 3.73. The maximum Gasteiger partial charge on any atom is 0.319 e. The van der Waals surface area contributed by atoms with E-state index in [1.54, 1.807) is 7.11 Å². The zero-order valence-corrected chi connectivity index (χ0v) is 16.5. The summed E-state index contributed by atoms with van der Waals surface area (Å²) in [6.45, 7) is 2.60. The number of carbonyl (C=O) groups excluding carboxylic acids is 1. The molecule has 26 heavy (non-hydrogen) atoms. The van der Waals surface area contributed by atoms with E-state index in [1.165, 1.54) is 12.8 Å². The minimum absolute atomic E-state index is 0.0959. The van der Waals surface area contributed by atoms with E-state index in [9.17, 15) is 4.79 Å². The number of nitrogens with one attached hydrogen (secondary N) is 2. The molecule has 2 aromatic rings. The number of para-hydroxylation sites is 2. The monoisotopic (exact) mass is 417 g/mol. The van der Waals surface area contributed by atoms with E-state index in [4.69, 9.17) is 4.74 Å². The number of amides is 2. The number of carbonyl (C=O) groups is 1. The van der Waals surface area contributed by atoms with Crippen molar-refractivity contribution in [1.29, 1.82) is 0 Å². The molecule has 0 aliphatic carbocycles. The summed E-state index contributed by atoms with van der Waals surface area (Å²) >= 11 is 3.45. The Labute approximate surface area is 162 Å². The molecule has 6 heteroatoms. The standard InChI is InChI=1S/C20H24BrN3O2/c1-26-19-11-5-2-8-15(19)18(24-12-6-7-13-24)14-22-20(25)23-17-10-4-3-9-16(17)21/h2-5,8-11,18H,6-7,12-14H2,1H3,(H2,22,23,25). The number of ether oxygens (including phenoxy) is 1. The van der Waals surface area contributed by atoms with Crippen LogP contribution in [0.3, 0.4) is 0 Å². The van der Waals surface area contributed by atoms with Crippen LogP contribution < -0.4 is 15.4 Å². The first-order valence-electron chi connectivity index (χ1n) is 8.85. The summed E-state index contributed by atoms with van der Waals surface area (Å²) in [4.78, 5) is 14.8. The van der Waals surface area contributed by atoms with Crippen molar-refractivity contribution in [2.75, 3.05) is 32.1 Å². The van der Waals surface area contributed by atoms with Gasteiger partial charge in [0.15, 0.2) is 0 Å². The topological polar surface area (TPSA) is 53.6 Å². The molecule has 1 fully saturated rings. The molecule has 2 aromatic carbocycles. The van der Waals surface area contributed by atoms with Crippen LogP contribution in [0.15, 0.2) is 53.0 Å². The van der Waals surface area contributed by atoms with Crippen molar-refractivity contribution in [2.24, 2.45) is 0 Å². The predicted octanol–water partition coefficient (Wildman–Crippen LogP) is 4.42. The summed E-state index contributed by atoms with van der Waals surface area (Å²) in [5.74, 6) is 0.859. The van der Waals surface area contributed by atoms with Gasteiger partial charge in [0.1, 0.15) is 5.75 Å². The zero-order chi connectivity index (χ0) is 18.4. The van der Waals surface area contributed by atoms with Gasteiger partial charge in [0, 0.05) is 16.6 Å². The summed E-state index contributed by atoms with van der Waals surface area (Å²) in [5.41, 5.74) is 1.86. The van der Waals surface area contributed by atoms with Gasteiger partial charge < -0.3 is 15.4 Å². The fraction of sp³-hybridized carbons (Fsp3) is 0.350. The molecule has 0 saturated carbocycles. The molecule has 0 radical (unpaired) electrons. The van der Waals surface area contributed by atoms with Gasteiger partial charge in [-0.05, 0) is 60.1 Å². The maximum absolute atomic E-state index is 12.4. The Bertz CT molecular complexity index is 747. The molecule has 1 atom stereocenters. The van der Waals surface area contributed by atoms with Gasteiger partial charge in [0.25, 0.3) is 0 Å². The summed E-state index contributed by atoms with van der Waals surface area (Å²) in [5, 5.41) is 5.91. The largest absolute Gasteiger partial charge is 0.496 e. The molecule has 0 bridgehead atoms. The molecule has 1 unspecified atom stereocenters. The Morgan fingerprint density at radius 1 is 1.15 bits per heavy atom. The number of nitrogens with zero attached hydrogens (tertiary/aromatic N) is 1. The van der Waals surface area contributed by atoms with Gasteiger partial charge in [-0.1, -0.05) is 30.3 Å².